The van der Waals surface area contributed by atoms with Crippen LogP contribution in [0.4, 0.5) is 5.69 Å². The molecule has 0 heterocycles. The van der Waals surface area contributed by atoms with E-state index in [0.717, 1.165) is 5.69 Å². The third-order valence-corrected chi connectivity index (χ3v) is 4.70. The Balaban J connectivity index is 0.00000625. The molecule has 0 aromatic heterocycles. The van der Waals surface area contributed by atoms with E-state index in [1.54, 1.807) is 21.1 Å². The molecule has 0 aliphatic heterocycles. The molecule has 0 spiro atoms. The second-order valence-corrected chi connectivity index (χ2v) is 7.20. The van der Waals surface area contributed by atoms with E-state index in [1.165, 1.54) is 0 Å². The molecule has 0 aliphatic rings. The van der Waals surface area contributed by atoms with Gasteiger partial charge in [0.2, 0.25) is 10.0 Å². The summed E-state index contributed by atoms with van der Waals surface area (Å²) < 4.78 is 35.7. The van der Waals surface area contributed by atoms with E-state index >= 15 is 0 Å². The van der Waals surface area contributed by atoms with Gasteiger partial charge in [-0.25, -0.2) is 13.1 Å². The molecule has 0 fully saturated rings. The van der Waals surface area contributed by atoms with Crippen LogP contribution in [-0.2, 0) is 10.0 Å². The Bertz CT molecular complexity index is 668. The number of nitrogens with zero attached hydrogens (tertiary/aromatic N) is 1. The third-order valence-electron chi connectivity index (χ3n) is 3.30. The summed E-state index contributed by atoms with van der Waals surface area (Å²) in [6, 6.07) is 5.49. The lowest BCUT2D eigenvalue weighted by molar-refractivity contribution is 0.355. The fourth-order valence-electron chi connectivity index (χ4n) is 1.96. The largest absolute Gasteiger partial charge is 0.493 e. The summed E-state index contributed by atoms with van der Waals surface area (Å²) >= 11 is 0. The molecular formula is C16H29IN4O4S. The van der Waals surface area contributed by atoms with Crippen molar-refractivity contribution in [3.05, 3.63) is 18.2 Å². The highest BCUT2D eigenvalue weighted by molar-refractivity contribution is 14.0. The van der Waals surface area contributed by atoms with Crippen LogP contribution in [0.5, 0.6) is 11.5 Å². The van der Waals surface area contributed by atoms with Crippen LogP contribution in [0.25, 0.3) is 0 Å². The monoisotopic (exact) mass is 500 g/mol. The average Bonchev–Trinajstić information content (AvgIpc) is 2.61. The van der Waals surface area contributed by atoms with Gasteiger partial charge in [0.05, 0.1) is 20.0 Å². The van der Waals surface area contributed by atoms with E-state index in [4.69, 9.17) is 9.47 Å². The maximum atomic E-state index is 11.4. The van der Waals surface area contributed by atoms with Gasteiger partial charge in [-0.3, -0.25) is 4.99 Å². The molecule has 3 N–H and O–H groups in total. The Kier molecular flexibility index (Phi) is 12.3. The number of anilines is 1. The normalized spacial score (nSPS) is 11.5. The summed E-state index contributed by atoms with van der Waals surface area (Å²) in [5.41, 5.74) is 0.809. The van der Waals surface area contributed by atoms with Crippen molar-refractivity contribution in [2.45, 2.75) is 20.3 Å². The Labute approximate surface area is 173 Å². The maximum absolute atomic E-state index is 11.4. The Hall–Kier alpha value is -1.27. The summed E-state index contributed by atoms with van der Waals surface area (Å²) in [5.74, 6) is 1.98. The predicted octanol–water partition coefficient (Wildman–Crippen LogP) is 2.03. The van der Waals surface area contributed by atoms with Crippen molar-refractivity contribution in [1.82, 2.24) is 10.0 Å². The van der Waals surface area contributed by atoms with Gasteiger partial charge in [0.15, 0.2) is 17.5 Å². The highest BCUT2D eigenvalue weighted by atomic mass is 127. The van der Waals surface area contributed by atoms with Gasteiger partial charge in [0, 0.05) is 31.4 Å². The molecule has 10 heteroatoms. The van der Waals surface area contributed by atoms with Crippen molar-refractivity contribution < 1.29 is 17.9 Å². The molecule has 1 rings (SSSR count). The molecule has 8 nitrogen and oxygen atoms in total. The minimum absolute atomic E-state index is 0. The number of aliphatic imine (C=N–C) groups is 1. The number of hydrogen-bond donors (Lipinski definition) is 3. The van der Waals surface area contributed by atoms with Crippen molar-refractivity contribution >= 4 is 45.6 Å². The SMILES string of the molecule is CCNC(=NCCCNS(=O)(=O)CC)Nc1ccc(OC)c(OC)c1.I. The predicted molar refractivity (Wildman–Crippen MR) is 117 cm³/mol. The van der Waals surface area contributed by atoms with Crippen molar-refractivity contribution in [1.29, 1.82) is 0 Å². The summed E-state index contributed by atoms with van der Waals surface area (Å²) in [7, 11) is 0.0194. The van der Waals surface area contributed by atoms with Gasteiger partial charge in [-0.05, 0) is 32.4 Å². The van der Waals surface area contributed by atoms with Crippen LogP contribution in [0.2, 0.25) is 0 Å². The Morgan fingerprint density at radius 3 is 2.42 bits per heavy atom. The van der Waals surface area contributed by atoms with Crippen LogP contribution in [0.1, 0.15) is 20.3 Å². The molecule has 0 aliphatic carbocycles. The molecule has 0 unspecified atom stereocenters. The van der Waals surface area contributed by atoms with Crippen LogP contribution >= 0.6 is 24.0 Å². The number of hydrogen-bond acceptors (Lipinski definition) is 5. The third kappa shape index (κ3) is 8.90. The molecule has 0 bridgehead atoms. The van der Waals surface area contributed by atoms with Crippen LogP contribution in [0.3, 0.4) is 0 Å². The number of rotatable bonds is 10. The van der Waals surface area contributed by atoms with E-state index < -0.39 is 10.0 Å². The lowest BCUT2D eigenvalue weighted by Gasteiger charge is -2.14. The maximum Gasteiger partial charge on any atom is 0.211 e. The number of ether oxygens (including phenoxy) is 2. The molecule has 0 radical (unpaired) electrons. The number of guanidine groups is 1. The second-order valence-electron chi connectivity index (χ2n) is 5.11. The summed E-state index contributed by atoms with van der Waals surface area (Å²) in [5, 5.41) is 6.33. The van der Waals surface area contributed by atoms with Gasteiger partial charge in [-0.1, -0.05) is 0 Å². The molecule has 0 atom stereocenters. The highest BCUT2D eigenvalue weighted by Gasteiger charge is 2.07. The summed E-state index contributed by atoms with van der Waals surface area (Å²) in [4.78, 5) is 4.44. The molecule has 1 aromatic rings. The van der Waals surface area contributed by atoms with E-state index in [1.807, 2.05) is 25.1 Å². The molecule has 0 saturated heterocycles. The van der Waals surface area contributed by atoms with Gasteiger partial charge in [0.1, 0.15) is 0 Å². The smallest absolute Gasteiger partial charge is 0.211 e. The van der Waals surface area contributed by atoms with Crippen LogP contribution in [0.15, 0.2) is 23.2 Å². The van der Waals surface area contributed by atoms with Gasteiger partial charge in [0.25, 0.3) is 0 Å². The fourth-order valence-corrected chi connectivity index (χ4v) is 2.62. The zero-order chi connectivity index (χ0) is 18.7. The average molecular weight is 500 g/mol. The molecule has 1 aromatic carbocycles. The minimum Gasteiger partial charge on any atom is -0.493 e. The Morgan fingerprint density at radius 2 is 1.85 bits per heavy atom. The molecule has 0 saturated carbocycles. The molecule has 150 valence electrons. The van der Waals surface area contributed by atoms with E-state index in [2.05, 4.69) is 20.3 Å². The van der Waals surface area contributed by atoms with Crippen molar-refractivity contribution in [3.63, 3.8) is 0 Å². The topological polar surface area (TPSA) is 101 Å². The van der Waals surface area contributed by atoms with E-state index in [-0.39, 0.29) is 29.7 Å². The van der Waals surface area contributed by atoms with E-state index in [0.29, 0.717) is 43.5 Å². The quantitative estimate of drug-likeness (QED) is 0.197. The van der Waals surface area contributed by atoms with Gasteiger partial charge >= 0.3 is 0 Å². The van der Waals surface area contributed by atoms with Crippen LogP contribution in [0, 0.1) is 0 Å². The summed E-state index contributed by atoms with van der Waals surface area (Å²) in [6.07, 6.45) is 0.613. The first-order valence-electron chi connectivity index (χ1n) is 8.20. The number of methoxy groups -OCH3 is 2. The van der Waals surface area contributed by atoms with Crippen LogP contribution in [-0.4, -0.2) is 54.0 Å². The molecule has 26 heavy (non-hydrogen) atoms. The first kappa shape index (κ1) is 24.7. The number of benzene rings is 1. The fraction of sp³-hybridized carbons (Fsp3) is 0.562. The molecule has 0 amide bonds. The summed E-state index contributed by atoms with van der Waals surface area (Å²) in [6.45, 7) is 5.16. The first-order valence-corrected chi connectivity index (χ1v) is 9.85. The zero-order valence-electron chi connectivity index (χ0n) is 15.7. The molecular weight excluding hydrogens is 471 g/mol. The minimum atomic E-state index is -3.15. The number of sulfonamides is 1. The number of nitrogens with one attached hydrogen (secondary N) is 3. The van der Waals surface area contributed by atoms with Crippen molar-refractivity contribution in [3.8, 4) is 11.5 Å². The first-order chi connectivity index (χ1) is 12.0. The van der Waals surface area contributed by atoms with Crippen molar-refractivity contribution in [2.24, 2.45) is 4.99 Å². The lowest BCUT2D eigenvalue weighted by atomic mass is 10.3. The van der Waals surface area contributed by atoms with Crippen molar-refractivity contribution in [2.75, 3.05) is 44.9 Å². The van der Waals surface area contributed by atoms with Gasteiger partial charge in [-0.15, -0.1) is 24.0 Å². The lowest BCUT2D eigenvalue weighted by Crippen LogP contribution is -2.31. The van der Waals surface area contributed by atoms with Gasteiger partial charge < -0.3 is 20.1 Å². The second kappa shape index (κ2) is 13.0. The Morgan fingerprint density at radius 1 is 1.15 bits per heavy atom. The highest BCUT2D eigenvalue weighted by Crippen LogP contribution is 2.29. The van der Waals surface area contributed by atoms with E-state index in [9.17, 15) is 8.42 Å². The van der Waals surface area contributed by atoms with Crippen LogP contribution < -0.4 is 24.8 Å². The standard InChI is InChI=1S/C16H28N4O4S.HI/c1-5-17-16(18-10-7-11-19-25(21,22)6-2)20-13-8-9-14(23-3)15(12-13)24-4;/h8-9,12,19H,5-7,10-11H2,1-4H3,(H2,17,18,20);1H. The number of halogens is 1. The van der Waals surface area contributed by atoms with Gasteiger partial charge in [-0.2, -0.15) is 0 Å². The zero-order valence-corrected chi connectivity index (χ0v) is 18.8.